The van der Waals surface area contributed by atoms with Gasteiger partial charge < -0.3 is 9.73 Å². The van der Waals surface area contributed by atoms with Crippen molar-refractivity contribution in [2.75, 3.05) is 0 Å². The second-order valence-corrected chi connectivity index (χ2v) is 4.97. The number of rotatable bonds is 5. The summed E-state index contributed by atoms with van der Waals surface area (Å²) in [4.78, 5) is 12.3. The molecule has 0 fully saturated rings. The van der Waals surface area contributed by atoms with Gasteiger partial charge in [-0.2, -0.15) is 5.10 Å². The lowest BCUT2D eigenvalue weighted by Crippen LogP contribution is -2.22. The number of nitrogens with zero attached hydrogens (tertiary/aromatic N) is 1. The first kappa shape index (κ1) is 14.1. The number of aryl methyl sites for hydroxylation is 1. The quantitative estimate of drug-likeness (QED) is 0.759. The number of hydrogen-bond acceptors (Lipinski definition) is 3. The molecule has 1 aromatic carbocycles. The summed E-state index contributed by atoms with van der Waals surface area (Å²) in [6, 6.07) is 11.7. The van der Waals surface area contributed by atoms with Gasteiger partial charge in [0.1, 0.15) is 5.76 Å². The first-order valence-corrected chi connectivity index (χ1v) is 7.21. The second kappa shape index (κ2) is 6.30. The van der Waals surface area contributed by atoms with Crippen molar-refractivity contribution >= 4 is 5.91 Å². The molecule has 5 heteroatoms. The SMILES string of the molecule is CCc1ccc(-c2[nH]ncc2C(=O)NCc2ccco2)cc1. The molecule has 22 heavy (non-hydrogen) atoms. The van der Waals surface area contributed by atoms with E-state index in [0.717, 1.165) is 17.7 Å². The summed E-state index contributed by atoms with van der Waals surface area (Å²) in [7, 11) is 0. The average molecular weight is 295 g/mol. The van der Waals surface area contributed by atoms with Crippen molar-refractivity contribution in [3.63, 3.8) is 0 Å². The first-order chi connectivity index (χ1) is 10.8. The van der Waals surface area contributed by atoms with E-state index in [4.69, 9.17) is 4.42 Å². The average Bonchev–Trinajstić information content (AvgIpc) is 3.24. The number of carbonyl (C=O) groups excluding carboxylic acids is 1. The molecular weight excluding hydrogens is 278 g/mol. The van der Waals surface area contributed by atoms with Crippen LogP contribution in [-0.2, 0) is 13.0 Å². The summed E-state index contributed by atoms with van der Waals surface area (Å²) in [5, 5.41) is 9.72. The molecule has 2 heterocycles. The van der Waals surface area contributed by atoms with Crippen LogP contribution >= 0.6 is 0 Å². The van der Waals surface area contributed by atoms with E-state index in [1.165, 1.54) is 5.56 Å². The second-order valence-electron chi connectivity index (χ2n) is 4.97. The molecule has 5 nitrogen and oxygen atoms in total. The van der Waals surface area contributed by atoms with E-state index in [2.05, 4.69) is 34.6 Å². The first-order valence-electron chi connectivity index (χ1n) is 7.21. The van der Waals surface area contributed by atoms with Gasteiger partial charge in [0.05, 0.1) is 30.3 Å². The molecule has 3 aromatic rings. The summed E-state index contributed by atoms with van der Waals surface area (Å²) >= 11 is 0. The Morgan fingerprint density at radius 1 is 1.27 bits per heavy atom. The molecule has 0 radical (unpaired) electrons. The highest BCUT2D eigenvalue weighted by molar-refractivity contribution is 5.99. The zero-order valence-electron chi connectivity index (χ0n) is 12.3. The van der Waals surface area contributed by atoms with Gasteiger partial charge in [-0.05, 0) is 24.1 Å². The Morgan fingerprint density at radius 3 is 2.77 bits per heavy atom. The molecule has 0 aliphatic carbocycles. The normalized spacial score (nSPS) is 10.6. The fourth-order valence-corrected chi connectivity index (χ4v) is 2.26. The minimum Gasteiger partial charge on any atom is -0.467 e. The maximum absolute atomic E-state index is 12.3. The maximum Gasteiger partial charge on any atom is 0.255 e. The Hall–Kier alpha value is -2.82. The minimum atomic E-state index is -0.181. The lowest BCUT2D eigenvalue weighted by atomic mass is 10.0. The molecule has 112 valence electrons. The van der Waals surface area contributed by atoms with Gasteiger partial charge >= 0.3 is 0 Å². The smallest absolute Gasteiger partial charge is 0.255 e. The van der Waals surface area contributed by atoms with Crippen LogP contribution in [0.5, 0.6) is 0 Å². The van der Waals surface area contributed by atoms with Gasteiger partial charge in [0.25, 0.3) is 5.91 Å². The predicted octanol–water partition coefficient (Wildman–Crippen LogP) is 3.16. The summed E-state index contributed by atoms with van der Waals surface area (Å²) in [6.45, 7) is 2.46. The molecule has 0 bridgehead atoms. The highest BCUT2D eigenvalue weighted by atomic mass is 16.3. The van der Waals surface area contributed by atoms with Gasteiger partial charge in [-0.3, -0.25) is 9.89 Å². The number of aromatic nitrogens is 2. The summed E-state index contributed by atoms with van der Waals surface area (Å²) < 4.78 is 5.20. The highest BCUT2D eigenvalue weighted by Crippen LogP contribution is 2.21. The fourth-order valence-electron chi connectivity index (χ4n) is 2.26. The van der Waals surface area contributed by atoms with Crippen LogP contribution in [0.15, 0.2) is 53.3 Å². The van der Waals surface area contributed by atoms with Gasteiger partial charge in [-0.1, -0.05) is 31.2 Å². The molecule has 2 aromatic heterocycles. The lowest BCUT2D eigenvalue weighted by molar-refractivity contribution is 0.0949. The molecule has 1 amide bonds. The van der Waals surface area contributed by atoms with Gasteiger partial charge in [0.2, 0.25) is 0 Å². The number of amides is 1. The largest absolute Gasteiger partial charge is 0.467 e. The lowest BCUT2D eigenvalue weighted by Gasteiger charge is -2.05. The van der Waals surface area contributed by atoms with E-state index < -0.39 is 0 Å². The van der Waals surface area contributed by atoms with Crippen LogP contribution in [0.1, 0.15) is 28.6 Å². The summed E-state index contributed by atoms with van der Waals surface area (Å²) in [5.74, 6) is 0.533. The molecule has 0 aliphatic heterocycles. The van der Waals surface area contributed by atoms with Crippen LogP contribution in [0.2, 0.25) is 0 Å². The number of aromatic amines is 1. The monoisotopic (exact) mass is 295 g/mol. The molecular formula is C17H17N3O2. The fraction of sp³-hybridized carbons (Fsp3) is 0.176. The van der Waals surface area contributed by atoms with Gasteiger partial charge in [0, 0.05) is 5.56 Å². The molecule has 0 aliphatic rings. The van der Waals surface area contributed by atoms with E-state index >= 15 is 0 Å². The highest BCUT2D eigenvalue weighted by Gasteiger charge is 2.15. The standard InChI is InChI=1S/C17H17N3O2/c1-2-12-5-7-13(8-6-12)16-15(11-19-20-16)17(21)18-10-14-4-3-9-22-14/h3-9,11H,2,10H2,1H3,(H,18,21)(H,19,20). The molecule has 0 unspecified atom stereocenters. The van der Waals surface area contributed by atoms with Crippen LogP contribution in [0, 0.1) is 0 Å². The number of H-pyrrole nitrogens is 1. The van der Waals surface area contributed by atoms with Crippen molar-refractivity contribution in [1.29, 1.82) is 0 Å². The van der Waals surface area contributed by atoms with Crippen molar-refractivity contribution in [1.82, 2.24) is 15.5 Å². The predicted molar refractivity (Wildman–Crippen MR) is 83.3 cm³/mol. The van der Waals surface area contributed by atoms with Crippen LogP contribution in [0.3, 0.4) is 0 Å². The topological polar surface area (TPSA) is 70.9 Å². The van der Waals surface area contributed by atoms with E-state index in [1.54, 1.807) is 18.5 Å². The van der Waals surface area contributed by atoms with E-state index in [9.17, 15) is 4.79 Å². The number of benzene rings is 1. The van der Waals surface area contributed by atoms with Crippen molar-refractivity contribution in [3.05, 3.63) is 65.7 Å². The zero-order valence-corrected chi connectivity index (χ0v) is 12.3. The summed E-state index contributed by atoms with van der Waals surface area (Å²) in [6.07, 6.45) is 4.11. The Labute approximate surface area is 128 Å². The summed E-state index contributed by atoms with van der Waals surface area (Å²) in [5.41, 5.74) is 3.44. The van der Waals surface area contributed by atoms with Gasteiger partial charge in [-0.25, -0.2) is 0 Å². The minimum absolute atomic E-state index is 0.181. The van der Waals surface area contributed by atoms with Gasteiger partial charge in [0.15, 0.2) is 0 Å². The van der Waals surface area contributed by atoms with Crippen molar-refractivity contribution < 1.29 is 9.21 Å². The third kappa shape index (κ3) is 2.93. The number of hydrogen-bond donors (Lipinski definition) is 2. The van der Waals surface area contributed by atoms with E-state index in [0.29, 0.717) is 17.9 Å². The molecule has 3 rings (SSSR count). The van der Waals surface area contributed by atoms with E-state index in [1.807, 2.05) is 18.2 Å². The van der Waals surface area contributed by atoms with E-state index in [-0.39, 0.29) is 5.91 Å². The Balaban J connectivity index is 1.77. The van der Waals surface area contributed by atoms with Crippen LogP contribution < -0.4 is 5.32 Å². The molecule has 0 atom stereocenters. The van der Waals surface area contributed by atoms with Crippen molar-refractivity contribution in [3.8, 4) is 11.3 Å². The molecule has 0 saturated heterocycles. The number of carbonyl (C=O) groups is 1. The molecule has 0 saturated carbocycles. The van der Waals surface area contributed by atoms with Crippen LogP contribution in [-0.4, -0.2) is 16.1 Å². The number of nitrogens with one attached hydrogen (secondary N) is 2. The third-order valence-corrected chi connectivity index (χ3v) is 3.54. The van der Waals surface area contributed by atoms with Crippen LogP contribution in [0.4, 0.5) is 0 Å². The van der Waals surface area contributed by atoms with Crippen molar-refractivity contribution in [2.24, 2.45) is 0 Å². The van der Waals surface area contributed by atoms with Crippen LogP contribution in [0.25, 0.3) is 11.3 Å². The maximum atomic E-state index is 12.3. The zero-order chi connectivity index (χ0) is 15.4. The number of furan rings is 1. The Kier molecular flexibility index (Phi) is 4.05. The molecule has 0 spiro atoms. The Morgan fingerprint density at radius 2 is 2.09 bits per heavy atom. The van der Waals surface area contributed by atoms with Crippen molar-refractivity contribution in [2.45, 2.75) is 19.9 Å². The molecule has 2 N–H and O–H groups in total. The van der Waals surface area contributed by atoms with Gasteiger partial charge in [-0.15, -0.1) is 0 Å². The third-order valence-electron chi connectivity index (χ3n) is 3.54. The Bertz CT molecular complexity index is 743.